The molecule has 0 saturated heterocycles. The molecular weight excluding hydrogens is 236 g/mol. The van der Waals surface area contributed by atoms with Crippen LogP contribution >= 0.6 is 11.8 Å². The molecule has 0 unspecified atom stereocenters. The lowest BCUT2D eigenvalue weighted by Gasteiger charge is -2.01. The molecule has 0 amide bonds. The van der Waals surface area contributed by atoms with Gasteiger partial charge in [-0.3, -0.25) is 4.79 Å². The topological polar surface area (TPSA) is 50.4 Å². The lowest BCUT2D eigenvalue weighted by Crippen LogP contribution is -1.99. The molecule has 1 N–H and O–H groups in total. The van der Waals surface area contributed by atoms with Crippen molar-refractivity contribution in [3.05, 3.63) is 64.2 Å². The summed E-state index contributed by atoms with van der Waals surface area (Å²) in [5, 5.41) is 9.03. The maximum absolute atomic E-state index is 11.2. The average Bonchev–Trinajstić information content (AvgIpc) is 2.35. The van der Waals surface area contributed by atoms with E-state index in [9.17, 15) is 4.79 Å². The molecule has 17 heavy (non-hydrogen) atoms. The van der Waals surface area contributed by atoms with Gasteiger partial charge in [0.1, 0.15) is 12.0 Å². The number of thioether (sulfide) groups is 1. The minimum absolute atomic E-state index is 0.346. The van der Waals surface area contributed by atoms with Crippen molar-refractivity contribution in [2.45, 2.75) is 11.5 Å². The van der Waals surface area contributed by atoms with Gasteiger partial charge in [-0.1, -0.05) is 30.3 Å². The Balaban J connectivity index is 1.90. The Bertz CT molecular complexity index is 534. The Hall–Kier alpha value is -1.68. The van der Waals surface area contributed by atoms with Gasteiger partial charge in [0.25, 0.3) is 0 Å². The van der Waals surface area contributed by atoms with Crippen LogP contribution in [-0.2, 0) is 11.5 Å². The first kappa shape index (κ1) is 11.8. The lowest BCUT2D eigenvalue weighted by molar-refractivity contribution is 0.419. The summed E-state index contributed by atoms with van der Waals surface area (Å²) >= 11 is 1.66. The van der Waals surface area contributed by atoms with Gasteiger partial charge >= 0.3 is 0 Å². The molecule has 2 aromatic rings. The van der Waals surface area contributed by atoms with E-state index in [0.717, 1.165) is 12.0 Å². The first-order chi connectivity index (χ1) is 8.25. The molecular formula is C13H12O3S. The van der Waals surface area contributed by atoms with Crippen LogP contribution in [-0.4, -0.2) is 5.11 Å². The highest BCUT2D eigenvalue weighted by molar-refractivity contribution is 7.97. The van der Waals surface area contributed by atoms with Gasteiger partial charge in [0.2, 0.25) is 5.43 Å². The van der Waals surface area contributed by atoms with Gasteiger partial charge in [0.05, 0.1) is 5.75 Å². The minimum atomic E-state index is -0.397. The van der Waals surface area contributed by atoms with Crippen LogP contribution < -0.4 is 5.43 Å². The fraction of sp³-hybridized carbons (Fsp3) is 0.154. The van der Waals surface area contributed by atoms with Crippen LogP contribution in [0.25, 0.3) is 0 Å². The fourth-order valence-electron chi connectivity index (χ4n) is 1.36. The van der Waals surface area contributed by atoms with Crippen molar-refractivity contribution in [3.63, 3.8) is 0 Å². The Kier molecular flexibility index (Phi) is 3.88. The molecule has 1 aromatic heterocycles. The molecule has 0 atom stereocenters. The highest BCUT2D eigenvalue weighted by Gasteiger charge is 2.02. The zero-order valence-electron chi connectivity index (χ0n) is 9.13. The van der Waals surface area contributed by atoms with E-state index < -0.39 is 5.43 Å². The van der Waals surface area contributed by atoms with Gasteiger partial charge < -0.3 is 9.52 Å². The number of hydrogen-bond donors (Lipinski definition) is 1. The van der Waals surface area contributed by atoms with E-state index >= 15 is 0 Å². The molecule has 0 aliphatic carbocycles. The Morgan fingerprint density at radius 3 is 2.65 bits per heavy atom. The van der Waals surface area contributed by atoms with Gasteiger partial charge in [-0.05, 0) is 5.56 Å². The first-order valence-corrected chi connectivity index (χ1v) is 6.33. The molecule has 0 fully saturated rings. The van der Waals surface area contributed by atoms with Crippen LogP contribution in [0.1, 0.15) is 11.3 Å². The van der Waals surface area contributed by atoms with E-state index in [1.807, 2.05) is 18.2 Å². The summed E-state index contributed by atoms with van der Waals surface area (Å²) in [6, 6.07) is 11.4. The second-order valence-corrected chi connectivity index (χ2v) is 4.56. The standard InChI is InChI=1S/C13H12O3S/c14-12-6-11(16-7-13(12)15)9-17-8-10-4-2-1-3-5-10/h1-7,15H,8-9H2. The highest BCUT2D eigenvalue weighted by atomic mass is 32.2. The summed E-state index contributed by atoms with van der Waals surface area (Å²) in [6.45, 7) is 0. The van der Waals surface area contributed by atoms with Gasteiger partial charge in [-0.25, -0.2) is 0 Å². The third kappa shape index (κ3) is 3.39. The molecule has 1 aromatic carbocycles. The van der Waals surface area contributed by atoms with Crippen LogP contribution in [0.3, 0.4) is 0 Å². The van der Waals surface area contributed by atoms with Crippen molar-refractivity contribution in [1.82, 2.24) is 0 Å². The summed E-state index contributed by atoms with van der Waals surface area (Å²) < 4.78 is 5.11. The monoisotopic (exact) mass is 248 g/mol. The SMILES string of the molecule is O=c1cc(CSCc2ccccc2)occ1O. The quantitative estimate of drug-likeness (QED) is 0.904. The van der Waals surface area contributed by atoms with E-state index in [-0.39, 0.29) is 5.75 Å². The first-order valence-electron chi connectivity index (χ1n) is 5.18. The van der Waals surface area contributed by atoms with Crippen molar-refractivity contribution in [2.75, 3.05) is 0 Å². The number of rotatable bonds is 4. The third-order valence-corrected chi connectivity index (χ3v) is 3.25. The molecule has 0 saturated carbocycles. The average molecular weight is 248 g/mol. The molecule has 0 aliphatic rings. The molecule has 0 spiro atoms. The lowest BCUT2D eigenvalue weighted by atomic mass is 10.2. The van der Waals surface area contributed by atoms with Crippen LogP contribution in [0, 0.1) is 0 Å². The van der Waals surface area contributed by atoms with Crippen LogP contribution in [0.15, 0.2) is 51.9 Å². The molecule has 0 aliphatic heterocycles. The molecule has 88 valence electrons. The van der Waals surface area contributed by atoms with Crippen molar-refractivity contribution in [2.24, 2.45) is 0 Å². The second-order valence-electron chi connectivity index (χ2n) is 3.57. The van der Waals surface area contributed by atoms with Gasteiger partial charge in [-0.2, -0.15) is 0 Å². The molecule has 2 rings (SSSR count). The largest absolute Gasteiger partial charge is 0.502 e. The van der Waals surface area contributed by atoms with E-state index in [2.05, 4.69) is 12.1 Å². The highest BCUT2D eigenvalue weighted by Crippen LogP contribution is 2.17. The third-order valence-electron chi connectivity index (χ3n) is 2.22. The number of benzene rings is 1. The normalized spacial score (nSPS) is 10.4. The van der Waals surface area contributed by atoms with Crippen molar-refractivity contribution in [3.8, 4) is 5.75 Å². The van der Waals surface area contributed by atoms with Crippen LogP contribution in [0.5, 0.6) is 5.75 Å². The van der Waals surface area contributed by atoms with Crippen molar-refractivity contribution < 1.29 is 9.52 Å². The maximum atomic E-state index is 11.2. The second kappa shape index (κ2) is 5.59. The summed E-state index contributed by atoms with van der Waals surface area (Å²) in [6.07, 6.45) is 1.08. The number of aromatic hydroxyl groups is 1. The van der Waals surface area contributed by atoms with E-state index in [1.165, 1.54) is 11.6 Å². The summed E-state index contributed by atoms with van der Waals surface area (Å²) in [5.74, 6) is 1.71. The van der Waals surface area contributed by atoms with Crippen molar-refractivity contribution in [1.29, 1.82) is 0 Å². The molecule has 3 nitrogen and oxygen atoms in total. The summed E-state index contributed by atoms with van der Waals surface area (Å²) in [7, 11) is 0. The van der Waals surface area contributed by atoms with Crippen molar-refractivity contribution >= 4 is 11.8 Å². The van der Waals surface area contributed by atoms with E-state index in [1.54, 1.807) is 11.8 Å². The van der Waals surface area contributed by atoms with E-state index in [0.29, 0.717) is 11.5 Å². The molecule has 1 heterocycles. The van der Waals surface area contributed by atoms with Gasteiger partial charge in [0, 0.05) is 11.8 Å². The fourth-order valence-corrected chi connectivity index (χ4v) is 2.25. The summed E-state index contributed by atoms with van der Waals surface area (Å²) in [5.41, 5.74) is 0.838. The molecule has 0 bridgehead atoms. The molecule has 0 radical (unpaired) electrons. The van der Waals surface area contributed by atoms with E-state index in [4.69, 9.17) is 9.52 Å². The molecule has 4 heteroatoms. The predicted octanol–water partition coefficient (Wildman–Crippen LogP) is 2.78. The summed E-state index contributed by atoms with van der Waals surface area (Å²) in [4.78, 5) is 11.2. The van der Waals surface area contributed by atoms with Gasteiger partial charge in [0.15, 0.2) is 5.75 Å². The smallest absolute Gasteiger partial charge is 0.226 e. The van der Waals surface area contributed by atoms with Gasteiger partial charge in [-0.15, -0.1) is 11.8 Å². The zero-order valence-corrected chi connectivity index (χ0v) is 9.94. The minimum Gasteiger partial charge on any atom is -0.502 e. The number of hydrogen-bond acceptors (Lipinski definition) is 4. The Morgan fingerprint density at radius 2 is 1.94 bits per heavy atom. The Morgan fingerprint density at radius 1 is 1.18 bits per heavy atom. The Labute approximate surface area is 103 Å². The zero-order chi connectivity index (χ0) is 12.1. The maximum Gasteiger partial charge on any atom is 0.226 e. The van der Waals surface area contributed by atoms with Crippen LogP contribution in [0.2, 0.25) is 0 Å². The predicted molar refractivity (Wildman–Crippen MR) is 68.1 cm³/mol. The van der Waals surface area contributed by atoms with Crippen LogP contribution in [0.4, 0.5) is 0 Å².